The van der Waals surface area contributed by atoms with Crippen LogP contribution in [0.4, 0.5) is 10.5 Å². The molecule has 1 N–H and O–H groups in total. The molecule has 0 saturated carbocycles. The summed E-state index contributed by atoms with van der Waals surface area (Å²) < 4.78 is 2.22. The van der Waals surface area contributed by atoms with E-state index in [9.17, 15) is 4.79 Å². The molecule has 3 heterocycles. The van der Waals surface area contributed by atoms with Crippen molar-refractivity contribution >= 4 is 34.7 Å². The molecule has 0 aliphatic carbocycles. The average molecular weight is 358 g/mol. The Hall–Kier alpha value is -2.24. The second-order valence-electron chi connectivity index (χ2n) is 5.68. The van der Waals surface area contributed by atoms with E-state index in [1.54, 1.807) is 23.5 Å². The van der Waals surface area contributed by atoms with Crippen molar-refractivity contribution in [1.82, 2.24) is 9.47 Å². The van der Waals surface area contributed by atoms with E-state index >= 15 is 0 Å². The first kappa shape index (κ1) is 15.3. The second-order valence-corrected chi connectivity index (χ2v) is 7.09. The average Bonchev–Trinajstić information content (AvgIpc) is 3.25. The Kier molecular flexibility index (Phi) is 4.04. The van der Waals surface area contributed by atoms with Gasteiger partial charge < -0.3 is 14.8 Å². The molecule has 0 radical (unpaired) electrons. The van der Waals surface area contributed by atoms with Crippen LogP contribution in [0.2, 0.25) is 5.02 Å². The molecule has 1 aliphatic heterocycles. The lowest BCUT2D eigenvalue weighted by atomic mass is 10.1. The van der Waals surface area contributed by atoms with Crippen LogP contribution in [-0.2, 0) is 6.54 Å². The number of fused-ring (bicyclic) bond motifs is 1. The highest BCUT2D eigenvalue weighted by Crippen LogP contribution is 2.35. The number of nitrogens with zero attached hydrogens (tertiary/aromatic N) is 2. The second kappa shape index (κ2) is 6.34. The molecule has 0 fully saturated rings. The van der Waals surface area contributed by atoms with Gasteiger partial charge in [0.25, 0.3) is 0 Å². The molecule has 4 nitrogen and oxygen atoms in total. The standard InChI is InChI=1S/C18H16ClN3OS/c19-13-4-1-5-14(12-13)20-18(23)22-10-9-21-8-2-6-15(21)17(22)16-7-3-11-24-16/h1-8,11-12,17H,9-10H2,(H,20,23)/t17-/m0/s1. The number of thiophene rings is 1. The van der Waals surface area contributed by atoms with Crippen LogP contribution >= 0.6 is 22.9 Å². The van der Waals surface area contributed by atoms with Crippen molar-refractivity contribution in [2.75, 3.05) is 11.9 Å². The summed E-state index contributed by atoms with van der Waals surface area (Å²) in [6.07, 6.45) is 2.07. The SMILES string of the molecule is O=C(Nc1cccc(Cl)c1)N1CCn2cccc2[C@H]1c1cccs1. The number of nitrogens with one attached hydrogen (secondary N) is 1. The topological polar surface area (TPSA) is 37.3 Å². The van der Waals surface area contributed by atoms with Crippen molar-refractivity contribution in [1.29, 1.82) is 0 Å². The van der Waals surface area contributed by atoms with Crippen molar-refractivity contribution in [3.8, 4) is 0 Å². The molecule has 1 aromatic carbocycles. The van der Waals surface area contributed by atoms with Crippen LogP contribution in [0.3, 0.4) is 0 Å². The van der Waals surface area contributed by atoms with Crippen LogP contribution < -0.4 is 5.32 Å². The summed E-state index contributed by atoms with van der Waals surface area (Å²) in [6, 6.07) is 15.3. The van der Waals surface area contributed by atoms with Gasteiger partial charge in [-0.05, 0) is 41.8 Å². The highest BCUT2D eigenvalue weighted by atomic mass is 35.5. The van der Waals surface area contributed by atoms with Gasteiger partial charge >= 0.3 is 6.03 Å². The van der Waals surface area contributed by atoms with Gasteiger partial charge in [-0.3, -0.25) is 0 Å². The quantitative estimate of drug-likeness (QED) is 0.700. The van der Waals surface area contributed by atoms with E-state index < -0.39 is 0 Å². The van der Waals surface area contributed by atoms with Crippen molar-refractivity contribution in [3.05, 3.63) is 75.7 Å². The maximum atomic E-state index is 12.9. The summed E-state index contributed by atoms with van der Waals surface area (Å²) in [5, 5.41) is 5.62. The molecule has 0 unspecified atom stereocenters. The fraction of sp³-hybridized carbons (Fsp3) is 0.167. The number of hydrogen-bond acceptors (Lipinski definition) is 2. The summed E-state index contributed by atoms with van der Waals surface area (Å²) >= 11 is 7.68. The maximum absolute atomic E-state index is 12.9. The van der Waals surface area contributed by atoms with Crippen molar-refractivity contribution in [3.63, 3.8) is 0 Å². The first-order valence-electron chi connectivity index (χ1n) is 7.74. The van der Waals surface area contributed by atoms with Gasteiger partial charge in [-0.15, -0.1) is 11.3 Å². The normalized spacial score (nSPS) is 16.7. The number of aromatic nitrogens is 1. The third-order valence-electron chi connectivity index (χ3n) is 4.19. The number of benzene rings is 1. The highest BCUT2D eigenvalue weighted by molar-refractivity contribution is 7.10. The van der Waals surface area contributed by atoms with E-state index in [0.29, 0.717) is 17.3 Å². The zero-order valence-electron chi connectivity index (χ0n) is 12.9. The van der Waals surface area contributed by atoms with Gasteiger partial charge in [0.05, 0.1) is 0 Å². The first-order chi connectivity index (χ1) is 11.7. The fourth-order valence-corrected chi connectivity index (χ4v) is 4.15. The molecule has 2 amide bonds. The predicted octanol–water partition coefficient (Wildman–Crippen LogP) is 4.84. The maximum Gasteiger partial charge on any atom is 0.322 e. The molecule has 6 heteroatoms. The van der Waals surface area contributed by atoms with Gasteiger partial charge in [0.15, 0.2) is 0 Å². The van der Waals surface area contributed by atoms with Crippen molar-refractivity contribution in [2.45, 2.75) is 12.6 Å². The number of anilines is 1. The predicted molar refractivity (Wildman–Crippen MR) is 97.8 cm³/mol. The number of amides is 2. The Morgan fingerprint density at radius 3 is 2.88 bits per heavy atom. The van der Waals surface area contributed by atoms with Gasteiger partial charge in [0.1, 0.15) is 6.04 Å². The molecular weight excluding hydrogens is 342 g/mol. The summed E-state index contributed by atoms with van der Waals surface area (Å²) in [5.74, 6) is 0. The lowest BCUT2D eigenvalue weighted by Gasteiger charge is -2.36. The molecule has 122 valence electrons. The highest BCUT2D eigenvalue weighted by Gasteiger charge is 2.32. The third kappa shape index (κ3) is 2.81. The smallest absolute Gasteiger partial charge is 0.322 e. The Labute approximate surface area is 149 Å². The monoisotopic (exact) mass is 357 g/mol. The Bertz CT molecular complexity index is 859. The van der Waals surface area contributed by atoms with Crippen molar-refractivity contribution in [2.24, 2.45) is 0 Å². The summed E-state index contributed by atoms with van der Waals surface area (Å²) in [4.78, 5) is 15.9. The summed E-state index contributed by atoms with van der Waals surface area (Å²) in [5.41, 5.74) is 1.85. The van der Waals surface area contributed by atoms with E-state index in [2.05, 4.69) is 28.2 Å². The van der Waals surface area contributed by atoms with Crippen LogP contribution in [0, 0.1) is 0 Å². The Morgan fingerprint density at radius 1 is 1.17 bits per heavy atom. The summed E-state index contributed by atoms with van der Waals surface area (Å²) in [7, 11) is 0. The van der Waals surface area contributed by atoms with Gasteiger partial charge in [-0.25, -0.2) is 4.79 Å². The minimum absolute atomic E-state index is 0.0621. The van der Waals surface area contributed by atoms with E-state index in [1.165, 1.54) is 0 Å². The van der Waals surface area contributed by atoms with Crippen LogP contribution in [0.15, 0.2) is 60.1 Å². The number of carbonyl (C=O) groups is 1. The van der Waals surface area contributed by atoms with E-state index in [4.69, 9.17) is 11.6 Å². The van der Waals surface area contributed by atoms with Gasteiger partial charge in [-0.1, -0.05) is 23.7 Å². The van der Waals surface area contributed by atoms with Crippen molar-refractivity contribution < 1.29 is 4.79 Å². The van der Waals surface area contributed by atoms with Gasteiger partial charge in [0.2, 0.25) is 0 Å². The summed E-state index contributed by atoms with van der Waals surface area (Å²) in [6.45, 7) is 1.46. The van der Waals surface area contributed by atoms with Gasteiger partial charge in [-0.2, -0.15) is 0 Å². The molecule has 1 aliphatic rings. The zero-order valence-corrected chi connectivity index (χ0v) is 14.4. The minimum Gasteiger partial charge on any atom is -0.347 e. The van der Waals surface area contributed by atoms with E-state index in [0.717, 1.165) is 17.1 Å². The number of rotatable bonds is 2. The van der Waals surface area contributed by atoms with Crippen LogP contribution in [0.1, 0.15) is 16.6 Å². The van der Waals surface area contributed by atoms with Crippen LogP contribution in [-0.4, -0.2) is 22.0 Å². The van der Waals surface area contributed by atoms with Crippen LogP contribution in [0.25, 0.3) is 0 Å². The lowest BCUT2D eigenvalue weighted by molar-refractivity contribution is 0.183. The number of carbonyl (C=O) groups excluding carboxylic acids is 1. The molecule has 0 bridgehead atoms. The molecule has 0 saturated heterocycles. The van der Waals surface area contributed by atoms with Crippen LogP contribution in [0.5, 0.6) is 0 Å². The first-order valence-corrected chi connectivity index (χ1v) is 9.00. The lowest BCUT2D eigenvalue weighted by Crippen LogP contribution is -2.44. The largest absolute Gasteiger partial charge is 0.347 e. The minimum atomic E-state index is -0.108. The zero-order chi connectivity index (χ0) is 16.5. The van der Waals surface area contributed by atoms with E-state index in [-0.39, 0.29) is 12.1 Å². The molecule has 4 rings (SSSR count). The molecule has 0 spiro atoms. The van der Waals surface area contributed by atoms with E-state index in [1.807, 2.05) is 34.5 Å². The number of urea groups is 1. The molecule has 1 atom stereocenters. The number of hydrogen-bond donors (Lipinski definition) is 1. The Balaban J connectivity index is 1.65. The van der Waals surface area contributed by atoms with Gasteiger partial charge in [0, 0.05) is 40.6 Å². The molecular formula is C18H16ClN3OS. The molecule has 2 aromatic heterocycles. The third-order valence-corrected chi connectivity index (χ3v) is 5.35. The molecule has 3 aromatic rings. The Morgan fingerprint density at radius 2 is 2.08 bits per heavy atom. The number of halogens is 1. The molecule has 24 heavy (non-hydrogen) atoms. The fourth-order valence-electron chi connectivity index (χ4n) is 3.11.